The van der Waals surface area contributed by atoms with E-state index in [1.54, 1.807) is 0 Å². The van der Waals surface area contributed by atoms with Crippen LogP contribution >= 0.6 is 0 Å². The average molecular weight is 221 g/mol. The first kappa shape index (κ1) is 11.6. The van der Waals surface area contributed by atoms with Gasteiger partial charge in [-0.15, -0.1) is 0 Å². The van der Waals surface area contributed by atoms with E-state index in [1.807, 2.05) is 6.92 Å². The highest BCUT2D eigenvalue weighted by atomic mass is 15.3. The van der Waals surface area contributed by atoms with Gasteiger partial charge in [-0.25, -0.2) is 0 Å². The van der Waals surface area contributed by atoms with Gasteiger partial charge in [-0.3, -0.25) is 4.68 Å². The Bertz CT molecular complexity index is 348. The van der Waals surface area contributed by atoms with Crippen molar-refractivity contribution >= 4 is 0 Å². The smallest absolute Gasteiger partial charge is 0.0653 e. The van der Waals surface area contributed by atoms with Crippen molar-refractivity contribution in [2.75, 3.05) is 0 Å². The topological polar surface area (TPSA) is 43.8 Å². The van der Waals surface area contributed by atoms with Gasteiger partial charge < -0.3 is 5.73 Å². The standard InChI is InChI=1S/C13H23N3/c1-9(2)12-7-13(10(3)14)16(15-12)8-11-5-4-6-11/h7,9-11H,4-6,8,14H2,1-3H3/t10-/m0/s1. The average Bonchev–Trinajstić information content (AvgIpc) is 2.55. The van der Waals surface area contributed by atoms with Crippen molar-refractivity contribution in [3.05, 3.63) is 17.5 Å². The molecule has 3 heteroatoms. The van der Waals surface area contributed by atoms with E-state index in [0.29, 0.717) is 5.92 Å². The Morgan fingerprint density at radius 3 is 2.56 bits per heavy atom. The van der Waals surface area contributed by atoms with Crippen LogP contribution in [-0.2, 0) is 6.54 Å². The largest absolute Gasteiger partial charge is 0.323 e. The summed E-state index contributed by atoms with van der Waals surface area (Å²) in [6.45, 7) is 7.46. The van der Waals surface area contributed by atoms with E-state index in [2.05, 4.69) is 29.7 Å². The summed E-state index contributed by atoms with van der Waals surface area (Å²) in [7, 11) is 0. The van der Waals surface area contributed by atoms with Crippen molar-refractivity contribution in [2.45, 2.75) is 58.5 Å². The third kappa shape index (κ3) is 2.29. The minimum atomic E-state index is 0.0834. The molecule has 1 saturated carbocycles. The Morgan fingerprint density at radius 1 is 1.44 bits per heavy atom. The molecule has 90 valence electrons. The Kier molecular flexibility index (Phi) is 3.33. The van der Waals surface area contributed by atoms with E-state index in [-0.39, 0.29) is 6.04 Å². The van der Waals surface area contributed by atoms with Gasteiger partial charge in [-0.2, -0.15) is 5.10 Å². The zero-order chi connectivity index (χ0) is 11.7. The number of hydrogen-bond acceptors (Lipinski definition) is 2. The van der Waals surface area contributed by atoms with E-state index in [4.69, 9.17) is 5.73 Å². The molecule has 1 aromatic rings. The number of aromatic nitrogens is 2. The summed E-state index contributed by atoms with van der Waals surface area (Å²) in [5, 5.41) is 4.69. The summed E-state index contributed by atoms with van der Waals surface area (Å²) in [5.41, 5.74) is 8.37. The number of nitrogens with zero attached hydrogens (tertiary/aromatic N) is 2. The minimum Gasteiger partial charge on any atom is -0.323 e. The van der Waals surface area contributed by atoms with Gasteiger partial charge in [0.25, 0.3) is 0 Å². The second kappa shape index (κ2) is 4.58. The zero-order valence-electron chi connectivity index (χ0n) is 10.6. The van der Waals surface area contributed by atoms with Crippen LogP contribution in [0.4, 0.5) is 0 Å². The second-order valence-electron chi connectivity index (χ2n) is 5.42. The van der Waals surface area contributed by atoms with Gasteiger partial charge in [0.1, 0.15) is 0 Å². The summed E-state index contributed by atoms with van der Waals surface area (Å²) >= 11 is 0. The first-order chi connectivity index (χ1) is 7.58. The fourth-order valence-corrected chi connectivity index (χ4v) is 2.17. The minimum absolute atomic E-state index is 0.0834. The predicted molar refractivity (Wildman–Crippen MR) is 66.3 cm³/mol. The molecule has 0 unspecified atom stereocenters. The highest BCUT2D eigenvalue weighted by Crippen LogP contribution is 2.29. The van der Waals surface area contributed by atoms with E-state index in [9.17, 15) is 0 Å². The normalized spacial score (nSPS) is 18.8. The number of rotatable bonds is 4. The Morgan fingerprint density at radius 2 is 2.12 bits per heavy atom. The second-order valence-corrected chi connectivity index (χ2v) is 5.42. The van der Waals surface area contributed by atoms with Gasteiger partial charge in [-0.1, -0.05) is 20.3 Å². The summed E-state index contributed by atoms with van der Waals surface area (Å²) in [4.78, 5) is 0. The van der Waals surface area contributed by atoms with Crippen LogP contribution in [0.15, 0.2) is 6.07 Å². The van der Waals surface area contributed by atoms with E-state index in [1.165, 1.54) is 30.7 Å². The van der Waals surface area contributed by atoms with Crippen LogP contribution in [0.25, 0.3) is 0 Å². The number of nitrogens with two attached hydrogens (primary N) is 1. The van der Waals surface area contributed by atoms with Crippen molar-refractivity contribution in [1.29, 1.82) is 0 Å². The molecule has 1 aromatic heterocycles. The molecule has 1 fully saturated rings. The van der Waals surface area contributed by atoms with E-state index in [0.717, 1.165) is 12.5 Å². The first-order valence-electron chi connectivity index (χ1n) is 6.41. The van der Waals surface area contributed by atoms with Crippen LogP contribution in [0.3, 0.4) is 0 Å². The van der Waals surface area contributed by atoms with Gasteiger partial charge in [0, 0.05) is 12.6 Å². The van der Waals surface area contributed by atoms with Crippen molar-refractivity contribution in [3.8, 4) is 0 Å². The summed E-state index contributed by atoms with van der Waals surface area (Å²) < 4.78 is 2.14. The maximum atomic E-state index is 6.00. The highest BCUT2D eigenvalue weighted by Gasteiger charge is 2.21. The maximum absolute atomic E-state index is 6.00. The SMILES string of the molecule is CC(C)c1cc([C@H](C)N)n(CC2CCC2)n1. The molecule has 3 nitrogen and oxygen atoms in total. The first-order valence-corrected chi connectivity index (χ1v) is 6.41. The monoisotopic (exact) mass is 221 g/mol. The molecule has 1 atom stereocenters. The van der Waals surface area contributed by atoms with Crippen molar-refractivity contribution in [2.24, 2.45) is 11.7 Å². The van der Waals surface area contributed by atoms with Crippen molar-refractivity contribution < 1.29 is 0 Å². The molecule has 2 N–H and O–H groups in total. The van der Waals surface area contributed by atoms with Gasteiger partial charge in [0.2, 0.25) is 0 Å². The van der Waals surface area contributed by atoms with Gasteiger partial charge in [0.05, 0.1) is 11.4 Å². The summed E-state index contributed by atoms with van der Waals surface area (Å²) in [6, 6.07) is 2.26. The Hall–Kier alpha value is -0.830. The third-order valence-corrected chi connectivity index (χ3v) is 3.54. The molecule has 16 heavy (non-hydrogen) atoms. The predicted octanol–water partition coefficient (Wildman–Crippen LogP) is 2.83. The lowest BCUT2D eigenvalue weighted by Gasteiger charge is -2.26. The van der Waals surface area contributed by atoms with E-state index < -0.39 is 0 Å². The molecule has 2 rings (SSSR count). The van der Waals surface area contributed by atoms with Crippen molar-refractivity contribution in [1.82, 2.24) is 9.78 Å². The molecule has 0 aliphatic heterocycles. The van der Waals surface area contributed by atoms with Gasteiger partial charge in [0.15, 0.2) is 0 Å². The molecule has 1 aliphatic rings. The van der Waals surface area contributed by atoms with Crippen LogP contribution in [0.5, 0.6) is 0 Å². The lowest BCUT2D eigenvalue weighted by atomic mass is 9.85. The zero-order valence-corrected chi connectivity index (χ0v) is 10.6. The lowest BCUT2D eigenvalue weighted by Crippen LogP contribution is -2.22. The van der Waals surface area contributed by atoms with Crippen LogP contribution in [0, 0.1) is 5.92 Å². The molecule has 0 amide bonds. The number of hydrogen-bond donors (Lipinski definition) is 1. The summed E-state index contributed by atoms with van der Waals surface area (Å²) in [6.07, 6.45) is 4.10. The molecule has 0 aromatic carbocycles. The fraction of sp³-hybridized carbons (Fsp3) is 0.769. The van der Waals surface area contributed by atoms with Crippen LogP contribution in [0.1, 0.15) is 63.4 Å². The molecular weight excluding hydrogens is 198 g/mol. The molecule has 0 radical (unpaired) electrons. The molecule has 0 saturated heterocycles. The fourth-order valence-electron chi connectivity index (χ4n) is 2.17. The van der Waals surface area contributed by atoms with Crippen molar-refractivity contribution in [3.63, 3.8) is 0 Å². The Labute approximate surface area is 98.0 Å². The lowest BCUT2D eigenvalue weighted by molar-refractivity contribution is 0.261. The molecule has 0 bridgehead atoms. The molecule has 1 aliphatic carbocycles. The van der Waals surface area contributed by atoms with Crippen LogP contribution < -0.4 is 5.73 Å². The quantitative estimate of drug-likeness (QED) is 0.849. The summed E-state index contributed by atoms with van der Waals surface area (Å²) in [5.74, 6) is 1.32. The molecule has 0 spiro atoms. The van der Waals surface area contributed by atoms with Gasteiger partial charge in [-0.05, 0) is 37.7 Å². The molecular formula is C13H23N3. The van der Waals surface area contributed by atoms with Crippen LogP contribution in [0.2, 0.25) is 0 Å². The molecule has 1 heterocycles. The Balaban J connectivity index is 2.18. The highest BCUT2D eigenvalue weighted by molar-refractivity contribution is 5.16. The third-order valence-electron chi connectivity index (χ3n) is 3.54. The van der Waals surface area contributed by atoms with E-state index >= 15 is 0 Å². The van der Waals surface area contributed by atoms with Gasteiger partial charge >= 0.3 is 0 Å². The van der Waals surface area contributed by atoms with Crippen LogP contribution in [-0.4, -0.2) is 9.78 Å². The maximum Gasteiger partial charge on any atom is 0.0653 e.